The molecule has 9 heteroatoms. The molecule has 1 aliphatic heterocycles. The lowest BCUT2D eigenvalue weighted by Gasteiger charge is -2.24. The highest BCUT2D eigenvalue weighted by atomic mass is 16.5. The summed E-state index contributed by atoms with van der Waals surface area (Å²) in [6.07, 6.45) is 3.95. The largest absolute Gasteiger partial charge is 0.363 e. The standard InChI is InChI=1S/C23H28N8O/c1-13-10-19(29(5)6)24-12-17(13)21-15(3)27-31-20(11-14(2)25-22(21)31)30-9-7-8-18(30)23-26-16(4)28-32-23/h10-12,18H,7-9H2,1-6H3/t18-/m0/s1. The summed E-state index contributed by atoms with van der Waals surface area (Å²) in [5.74, 6) is 3.24. The van der Waals surface area contributed by atoms with Crippen LogP contribution in [0.1, 0.15) is 47.5 Å². The molecule has 9 nitrogen and oxygen atoms in total. The SMILES string of the molecule is Cc1cc(N2CCC[C@H]2c2nc(C)no2)n2nc(C)c(-c3cnc(N(C)C)cc3C)c2n1. The number of aryl methyl sites for hydroxylation is 4. The summed E-state index contributed by atoms with van der Waals surface area (Å²) in [5, 5.41) is 8.91. The normalized spacial score (nSPS) is 16.3. The number of hydrogen-bond acceptors (Lipinski definition) is 8. The first kappa shape index (κ1) is 20.4. The van der Waals surface area contributed by atoms with Crippen molar-refractivity contribution in [1.82, 2.24) is 29.7 Å². The molecular weight excluding hydrogens is 404 g/mol. The van der Waals surface area contributed by atoms with Crippen LogP contribution in [-0.4, -0.2) is 50.4 Å². The number of nitrogens with zero attached hydrogens (tertiary/aromatic N) is 8. The second-order valence-electron chi connectivity index (χ2n) is 8.73. The van der Waals surface area contributed by atoms with E-state index in [9.17, 15) is 0 Å². The monoisotopic (exact) mass is 432 g/mol. The summed E-state index contributed by atoms with van der Waals surface area (Å²) >= 11 is 0. The van der Waals surface area contributed by atoms with Crippen molar-refractivity contribution < 1.29 is 4.52 Å². The number of pyridine rings is 1. The Kier molecular flexibility index (Phi) is 4.83. The quantitative estimate of drug-likeness (QED) is 0.481. The average molecular weight is 433 g/mol. The third kappa shape index (κ3) is 3.28. The molecule has 0 radical (unpaired) electrons. The van der Waals surface area contributed by atoms with Crippen LogP contribution in [0.15, 0.2) is 22.9 Å². The van der Waals surface area contributed by atoms with Gasteiger partial charge >= 0.3 is 0 Å². The number of hydrogen-bond donors (Lipinski definition) is 0. The minimum atomic E-state index is 0.0388. The number of anilines is 2. The summed E-state index contributed by atoms with van der Waals surface area (Å²) in [6.45, 7) is 8.92. The topological polar surface area (TPSA) is 88.5 Å². The van der Waals surface area contributed by atoms with E-state index < -0.39 is 0 Å². The molecule has 32 heavy (non-hydrogen) atoms. The molecule has 1 atom stereocenters. The van der Waals surface area contributed by atoms with Crippen LogP contribution >= 0.6 is 0 Å². The van der Waals surface area contributed by atoms with Crippen molar-refractivity contribution in [3.8, 4) is 11.1 Å². The predicted octanol–water partition coefficient (Wildman–Crippen LogP) is 3.82. The Hall–Kier alpha value is -3.49. The molecule has 0 saturated carbocycles. The minimum Gasteiger partial charge on any atom is -0.363 e. The maximum absolute atomic E-state index is 5.53. The summed E-state index contributed by atoms with van der Waals surface area (Å²) in [4.78, 5) is 18.3. The lowest BCUT2D eigenvalue weighted by atomic mass is 10.0. The van der Waals surface area contributed by atoms with E-state index >= 15 is 0 Å². The molecule has 0 unspecified atom stereocenters. The van der Waals surface area contributed by atoms with Gasteiger partial charge in [-0.15, -0.1) is 0 Å². The molecule has 1 saturated heterocycles. The van der Waals surface area contributed by atoms with Gasteiger partial charge in [-0.25, -0.2) is 9.97 Å². The molecule has 5 heterocycles. The van der Waals surface area contributed by atoms with Crippen molar-refractivity contribution in [2.24, 2.45) is 0 Å². The molecule has 166 valence electrons. The lowest BCUT2D eigenvalue weighted by molar-refractivity contribution is 0.351. The Bertz CT molecular complexity index is 1310. The molecule has 0 aliphatic carbocycles. The molecular formula is C23H28N8O. The molecule has 0 spiro atoms. The van der Waals surface area contributed by atoms with Crippen LogP contribution < -0.4 is 9.80 Å². The van der Waals surface area contributed by atoms with E-state index in [0.717, 1.165) is 64.7 Å². The Labute approximate surface area is 187 Å². The van der Waals surface area contributed by atoms with E-state index in [0.29, 0.717) is 11.7 Å². The van der Waals surface area contributed by atoms with Gasteiger partial charge in [0, 0.05) is 44.2 Å². The first-order valence-corrected chi connectivity index (χ1v) is 10.9. The summed E-state index contributed by atoms with van der Waals surface area (Å²) in [5.41, 5.74) is 5.93. The first-order chi connectivity index (χ1) is 15.3. The number of aromatic nitrogens is 6. The van der Waals surface area contributed by atoms with Crippen molar-refractivity contribution in [2.75, 3.05) is 30.4 Å². The van der Waals surface area contributed by atoms with Crippen LogP contribution in [0.4, 0.5) is 11.6 Å². The maximum atomic E-state index is 5.53. The van der Waals surface area contributed by atoms with Gasteiger partial charge in [-0.05, 0) is 52.2 Å². The minimum absolute atomic E-state index is 0.0388. The Morgan fingerprint density at radius 1 is 1.09 bits per heavy atom. The molecule has 0 aromatic carbocycles. The van der Waals surface area contributed by atoms with Gasteiger partial charge in [-0.2, -0.15) is 14.6 Å². The number of rotatable bonds is 4. The van der Waals surface area contributed by atoms with Crippen molar-refractivity contribution in [3.05, 3.63) is 47.0 Å². The van der Waals surface area contributed by atoms with E-state index in [4.69, 9.17) is 14.6 Å². The van der Waals surface area contributed by atoms with E-state index in [2.05, 4.69) is 39.1 Å². The van der Waals surface area contributed by atoms with Gasteiger partial charge in [0.1, 0.15) is 17.7 Å². The van der Waals surface area contributed by atoms with Crippen LogP contribution in [0.3, 0.4) is 0 Å². The molecule has 0 bridgehead atoms. The van der Waals surface area contributed by atoms with Crippen molar-refractivity contribution >= 4 is 17.3 Å². The Morgan fingerprint density at radius 3 is 2.59 bits per heavy atom. The molecule has 0 N–H and O–H groups in total. The second kappa shape index (κ2) is 7.58. The fourth-order valence-electron chi connectivity index (χ4n) is 4.54. The maximum Gasteiger partial charge on any atom is 0.249 e. The zero-order valence-corrected chi connectivity index (χ0v) is 19.4. The van der Waals surface area contributed by atoms with Crippen molar-refractivity contribution in [3.63, 3.8) is 0 Å². The lowest BCUT2D eigenvalue weighted by Crippen LogP contribution is -2.25. The fourth-order valence-corrected chi connectivity index (χ4v) is 4.54. The highest BCUT2D eigenvalue weighted by Crippen LogP contribution is 2.38. The summed E-state index contributed by atoms with van der Waals surface area (Å²) in [6, 6.07) is 4.23. The van der Waals surface area contributed by atoms with Crippen LogP contribution in [0.2, 0.25) is 0 Å². The molecule has 1 aliphatic rings. The highest BCUT2D eigenvalue weighted by Gasteiger charge is 2.33. The first-order valence-electron chi connectivity index (χ1n) is 10.9. The molecule has 4 aromatic rings. The third-order valence-corrected chi connectivity index (χ3v) is 6.07. The van der Waals surface area contributed by atoms with Crippen LogP contribution in [-0.2, 0) is 0 Å². The van der Waals surface area contributed by atoms with Gasteiger partial charge in [-0.3, -0.25) is 0 Å². The molecule has 1 fully saturated rings. The van der Waals surface area contributed by atoms with E-state index in [-0.39, 0.29) is 6.04 Å². The predicted molar refractivity (Wildman–Crippen MR) is 123 cm³/mol. The second-order valence-corrected chi connectivity index (χ2v) is 8.73. The molecule has 5 rings (SSSR count). The van der Waals surface area contributed by atoms with Crippen LogP contribution in [0.25, 0.3) is 16.8 Å². The van der Waals surface area contributed by atoms with Gasteiger partial charge in [0.15, 0.2) is 11.5 Å². The van der Waals surface area contributed by atoms with Crippen molar-refractivity contribution in [1.29, 1.82) is 0 Å². The van der Waals surface area contributed by atoms with Crippen LogP contribution in [0.5, 0.6) is 0 Å². The Morgan fingerprint density at radius 2 is 1.91 bits per heavy atom. The number of fused-ring (bicyclic) bond motifs is 1. The smallest absolute Gasteiger partial charge is 0.249 e. The Balaban J connectivity index is 1.66. The van der Waals surface area contributed by atoms with Gasteiger partial charge < -0.3 is 14.3 Å². The summed E-state index contributed by atoms with van der Waals surface area (Å²) < 4.78 is 7.48. The van der Waals surface area contributed by atoms with E-state index in [1.807, 2.05) is 50.5 Å². The van der Waals surface area contributed by atoms with Gasteiger partial charge in [0.2, 0.25) is 5.89 Å². The van der Waals surface area contributed by atoms with Gasteiger partial charge in [0.05, 0.1) is 11.3 Å². The zero-order chi connectivity index (χ0) is 22.6. The summed E-state index contributed by atoms with van der Waals surface area (Å²) in [7, 11) is 3.99. The third-order valence-electron chi connectivity index (χ3n) is 6.07. The van der Waals surface area contributed by atoms with E-state index in [1.165, 1.54) is 0 Å². The van der Waals surface area contributed by atoms with Crippen LogP contribution in [0, 0.1) is 27.7 Å². The van der Waals surface area contributed by atoms with Gasteiger partial charge in [-0.1, -0.05) is 5.16 Å². The fraction of sp³-hybridized carbons (Fsp3) is 0.435. The highest BCUT2D eigenvalue weighted by molar-refractivity contribution is 5.83. The zero-order valence-electron chi connectivity index (χ0n) is 19.4. The van der Waals surface area contributed by atoms with Gasteiger partial charge in [0.25, 0.3) is 0 Å². The molecule has 0 amide bonds. The van der Waals surface area contributed by atoms with Crippen molar-refractivity contribution in [2.45, 2.75) is 46.6 Å². The van der Waals surface area contributed by atoms with E-state index in [1.54, 1.807) is 0 Å². The molecule has 4 aromatic heterocycles. The average Bonchev–Trinajstić information content (AvgIpc) is 3.46.